The number of hydrogen-bond donors (Lipinski definition) is 1. The molecule has 1 N–H and O–H groups in total. The first kappa shape index (κ1) is 23.7. The molecule has 8 nitrogen and oxygen atoms in total. The summed E-state index contributed by atoms with van der Waals surface area (Å²) in [6, 6.07) is 16.6. The van der Waals surface area contributed by atoms with Gasteiger partial charge < -0.3 is 24.4 Å². The fourth-order valence-electron chi connectivity index (χ4n) is 4.36. The summed E-state index contributed by atoms with van der Waals surface area (Å²) in [4.78, 5) is 41.6. The predicted molar refractivity (Wildman–Crippen MR) is 123 cm³/mol. The van der Waals surface area contributed by atoms with Gasteiger partial charge in [-0.2, -0.15) is 0 Å². The number of rotatable bonds is 8. The van der Waals surface area contributed by atoms with Crippen LogP contribution in [0, 0.1) is 0 Å². The molecule has 2 aliphatic heterocycles. The van der Waals surface area contributed by atoms with Gasteiger partial charge in [0.05, 0.1) is 12.2 Å². The van der Waals surface area contributed by atoms with Crippen molar-refractivity contribution in [2.75, 3.05) is 13.2 Å². The molecule has 2 aliphatic rings. The number of β-lactam (4-membered cyclic amide) rings is 1. The number of ether oxygens (including phenoxy) is 3. The number of nitrogens with zero attached hydrogens (tertiary/aromatic N) is 1. The maximum absolute atomic E-state index is 13.6. The highest BCUT2D eigenvalue weighted by Gasteiger charge is 2.72. The van der Waals surface area contributed by atoms with Crippen LogP contribution in [0.4, 0.5) is 0 Å². The summed E-state index contributed by atoms with van der Waals surface area (Å²) in [6.07, 6.45) is 0.870. The highest BCUT2D eigenvalue weighted by molar-refractivity contribution is 6.16. The lowest BCUT2D eigenvalue weighted by atomic mass is 9.77. The average molecular weight is 465 g/mol. The van der Waals surface area contributed by atoms with Gasteiger partial charge in [-0.1, -0.05) is 54.6 Å². The molecule has 0 bridgehead atoms. The Morgan fingerprint density at radius 3 is 2.38 bits per heavy atom. The monoisotopic (exact) mass is 464 g/mol. The van der Waals surface area contributed by atoms with E-state index < -0.39 is 41.3 Å². The van der Waals surface area contributed by atoms with Crippen molar-refractivity contribution in [1.82, 2.24) is 10.2 Å². The van der Waals surface area contributed by atoms with Crippen LogP contribution in [0.25, 0.3) is 0 Å². The first-order chi connectivity index (χ1) is 16.3. The van der Waals surface area contributed by atoms with Gasteiger partial charge >= 0.3 is 5.97 Å². The minimum absolute atomic E-state index is 0.134. The normalized spacial score (nSPS) is 25.4. The fraction of sp³-hybridized carbons (Fsp3) is 0.346. The number of nitrogens with one attached hydrogen (secondary N) is 1. The van der Waals surface area contributed by atoms with Crippen molar-refractivity contribution in [2.24, 2.45) is 0 Å². The van der Waals surface area contributed by atoms with Crippen molar-refractivity contribution in [2.45, 2.75) is 43.9 Å². The number of hydrogen-bond acceptors (Lipinski definition) is 6. The Balaban J connectivity index is 1.68. The lowest BCUT2D eigenvalue weighted by molar-refractivity contribution is -0.214. The Hall–Kier alpha value is -3.49. The molecule has 178 valence electrons. The SMILES string of the molecule is C=CCN1C(=O)[C@@](OC(=O)c2ccccc2)(C(=O)NCc2ccccc2)[C@@H]1[C@H]1COC(C)(C)O1. The van der Waals surface area contributed by atoms with Gasteiger partial charge in [-0.25, -0.2) is 4.79 Å². The molecule has 4 rings (SSSR count). The summed E-state index contributed by atoms with van der Waals surface area (Å²) in [7, 11) is 0. The quantitative estimate of drug-likeness (QED) is 0.279. The van der Waals surface area contributed by atoms with E-state index in [-0.39, 0.29) is 25.3 Å². The van der Waals surface area contributed by atoms with Crippen LogP contribution in [-0.4, -0.2) is 59.4 Å². The smallest absolute Gasteiger partial charge is 0.339 e. The van der Waals surface area contributed by atoms with Crippen molar-refractivity contribution < 1.29 is 28.6 Å². The Kier molecular flexibility index (Phi) is 6.54. The second-order valence-corrected chi connectivity index (χ2v) is 8.72. The van der Waals surface area contributed by atoms with E-state index in [0.717, 1.165) is 5.56 Å². The third-order valence-corrected chi connectivity index (χ3v) is 5.94. The van der Waals surface area contributed by atoms with Crippen molar-refractivity contribution >= 4 is 17.8 Å². The highest BCUT2D eigenvalue weighted by Crippen LogP contribution is 2.42. The zero-order valence-corrected chi connectivity index (χ0v) is 19.2. The Bertz CT molecular complexity index is 1070. The summed E-state index contributed by atoms with van der Waals surface area (Å²) in [6.45, 7) is 7.67. The minimum atomic E-state index is -2.10. The van der Waals surface area contributed by atoms with Crippen molar-refractivity contribution in [1.29, 1.82) is 0 Å². The molecule has 0 aliphatic carbocycles. The molecular formula is C26H28N2O6. The molecule has 2 saturated heterocycles. The molecule has 0 aromatic heterocycles. The maximum atomic E-state index is 13.6. The van der Waals surface area contributed by atoms with Crippen LogP contribution >= 0.6 is 0 Å². The lowest BCUT2D eigenvalue weighted by Gasteiger charge is -2.54. The fourth-order valence-corrected chi connectivity index (χ4v) is 4.36. The number of benzene rings is 2. The Labute approximate surface area is 198 Å². The third kappa shape index (κ3) is 4.34. The Morgan fingerprint density at radius 2 is 1.79 bits per heavy atom. The van der Waals surface area contributed by atoms with E-state index in [0.29, 0.717) is 0 Å². The number of amides is 2. The largest absolute Gasteiger partial charge is 0.433 e. The lowest BCUT2D eigenvalue weighted by Crippen LogP contribution is -2.83. The van der Waals surface area contributed by atoms with Gasteiger partial charge in [-0.3, -0.25) is 9.59 Å². The van der Waals surface area contributed by atoms with Gasteiger partial charge in [0.2, 0.25) is 0 Å². The van der Waals surface area contributed by atoms with Gasteiger partial charge in [0.15, 0.2) is 5.79 Å². The number of esters is 1. The molecule has 0 radical (unpaired) electrons. The van der Waals surface area contributed by atoms with Crippen LogP contribution in [-0.2, 0) is 30.3 Å². The molecule has 3 atom stereocenters. The van der Waals surface area contributed by atoms with E-state index in [1.807, 2.05) is 30.3 Å². The van der Waals surface area contributed by atoms with Crippen molar-refractivity contribution in [3.05, 3.63) is 84.4 Å². The van der Waals surface area contributed by atoms with E-state index in [1.165, 1.54) is 4.90 Å². The standard InChI is InChI=1S/C26H28N2O6/c1-4-15-28-21(20-17-32-25(2,3)33-20)26(24(28)31,34-22(29)19-13-9-6-10-14-19)23(30)27-16-18-11-7-5-8-12-18/h4-14,20-21H,1,15-17H2,2-3H3,(H,27,30)/t20-,21+,26+/m1/s1. The molecule has 2 aromatic carbocycles. The summed E-state index contributed by atoms with van der Waals surface area (Å²) in [5.41, 5.74) is -1.03. The van der Waals surface area contributed by atoms with Crippen LogP contribution in [0.2, 0.25) is 0 Å². The van der Waals surface area contributed by atoms with Gasteiger partial charge in [-0.05, 0) is 31.5 Å². The van der Waals surface area contributed by atoms with Crippen LogP contribution in [0.1, 0.15) is 29.8 Å². The molecule has 2 aromatic rings. The first-order valence-electron chi connectivity index (χ1n) is 11.1. The van der Waals surface area contributed by atoms with E-state index >= 15 is 0 Å². The second kappa shape index (κ2) is 9.40. The molecule has 2 heterocycles. The molecule has 2 amide bonds. The van der Waals surface area contributed by atoms with Crippen LogP contribution in [0.5, 0.6) is 0 Å². The summed E-state index contributed by atoms with van der Waals surface area (Å²) < 4.78 is 17.5. The van der Waals surface area contributed by atoms with Crippen LogP contribution in [0.15, 0.2) is 73.3 Å². The topological polar surface area (TPSA) is 94.2 Å². The molecular weight excluding hydrogens is 436 g/mol. The summed E-state index contributed by atoms with van der Waals surface area (Å²) >= 11 is 0. The van der Waals surface area contributed by atoms with Gasteiger partial charge in [-0.15, -0.1) is 6.58 Å². The van der Waals surface area contributed by atoms with E-state index in [4.69, 9.17) is 14.2 Å². The molecule has 2 fully saturated rings. The molecule has 34 heavy (non-hydrogen) atoms. The van der Waals surface area contributed by atoms with Gasteiger partial charge in [0, 0.05) is 13.1 Å². The summed E-state index contributed by atoms with van der Waals surface area (Å²) in [5, 5.41) is 2.78. The van der Waals surface area contributed by atoms with Crippen LogP contribution < -0.4 is 5.32 Å². The van der Waals surface area contributed by atoms with Crippen LogP contribution in [0.3, 0.4) is 0 Å². The number of carbonyl (C=O) groups is 3. The average Bonchev–Trinajstić information content (AvgIpc) is 3.20. The maximum Gasteiger partial charge on any atom is 0.339 e. The highest BCUT2D eigenvalue weighted by atomic mass is 16.7. The van der Waals surface area contributed by atoms with E-state index in [1.54, 1.807) is 50.3 Å². The Morgan fingerprint density at radius 1 is 1.15 bits per heavy atom. The predicted octanol–water partition coefficient (Wildman–Crippen LogP) is 2.45. The minimum Gasteiger partial charge on any atom is -0.433 e. The zero-order chi connectivity index (χ0) is 24.3. The number of likely N-dealkylation sites (tertiary alicyclic amines) is 1. The molecule has 0 saturated carbocycles. The van der Waals surface area contributed by atoms with Gasteiger partial charge in [0.25, 0.3) is 17.4 Å². The zero-order valence-electron chi connectivity index (χ0n) is 19.2. The first-order valence-corrected chi connectivity index (χ1v) is 11.1. The third-order valence-electron chi connectivity index (χ3n) is 5.94. The van der Waals surface area contributed by atoms with Gasteiger partial charge in [0.1, 0.15) is 12.1 Å². The molecule has 0 spiro atoms. The second-order valence-electron chi connectivity index (χ2n) is 8.72. The molecule has 8 heteroatoms. The number of carbonyl (C=O) groups excluding carboxylic acids is 3. The van der Waals surface area contributed by atoms with E-state index in [2.05, 4.69) is 11.9 Å². The van der Waals surface area contributed by atoms with Crippen molar-refractivity contribution in [3.8, 4) is 0 Å². The van der Waals surface area contributed by atoms with E-state index in [9.17, 15) is 14.4 Å². The molecule has 0 unspecified atom stereocenters. The van der Waals surface area contributed by atoms with Crippen molar-refractivity contribution in [3.63, 3.8) is 0 Å². The summed E-state index contributed by atoms with van der Waals surface area (Å²) in [5.74, 6) is -3.01.